The molecule has 3 aromatic rings. The van der Waals surface area contributed by atoms with E-state index in [9.17, 15) is 0 Å². The Morgan fingerprint density at radius 3 is 2.80 bits per heavy atom. The normalized spacial score (nSPS) is 10.8. The van der Waals surface area contributed by atoms with E-state index in [0.29, 0.717) is 18.5 Å². The zero-order valence-electron chi connectivity index (χ0n) is 11.3. The molecule has 1 aromatic heterocycles. The van der Waals surface area contributed by atoms with E-state index >= 15 is 0 Å². The van der Waals surface area contributed by atoms with Gasteiger partial charge in [0.1, 0.15) is 0 Å². The number of benzene rings is 2. The number of fused-ring (bicyclic) bond motifs is 1. The molecule has 0 amide bonds. The summed E-state index contributed by atoms with van der Waals surface area (Å²) in [5, 5.41) is 16.6. The lowest BCUT2D eigenvalue weighted by Gasteiger charge is -2.05. The van der Waals surface area contributed by atoms with Crippen molar-refractivity contribution in [1.82, 2.24) is 15.5 Å². The second-order valence-corrected chi connectivity index (χ2v) is 4.43. The largest absolute Gasteiger partial charge is 0.406 e. The SMILES string of the molecule is CCNCc1nnc(Nc2cccc3ccccc23)o1. The summed E-state index contributed by atoms with van der Waals surface area (Å²) in [6.07, 6.45) is 0. The van der Waals surface area contributed by atoms with Crippen molar-refractivity contribution in [2.45, 2.75) is 13.5 Å². The molecule has 0 aliphatic rings. The number of hydrogen-bond donors (Lipinski definition) is 2. The first-order valence-corrected chi connectivity index (χ1v) is 6.64. The Bertz CT molecular complexity index is 702. The summed E-state index contributed by atoms with van der Waals surface area (Å²) < 4.78 is 5.54. The highest BCUT2D eigenvalue weighted by molar-refractivity contribution is 5.94. The van der Waals surface area contributed by atoms with Gasteiger partial charge in [-0.15, -0.1) is 5.10 Å². The van der Waals surface area contributed by atoms with Crippen molar-refractivity contribution in [1.29, 1.82) is 0 Å². The van der Waals surface area contributed by atoms with Crippen LogP contribution in [0.25, 0.3) is 10.8 Å². The Balaban J connectivity index is 1.84. The second-order valence-electron chi connectivity index (χ2n) is 4.43. The topological polar surface area (TPSA) is 63.0 Å². The summed E-state index contributed by atoms with van der Waals surface area (Å²) in [6.45, 7) is 3.49. The Morgan fingerprint density at radius 2 is 1.90 bits per heavy atom. The average molecular weight is 268 g/mol. The van der Waals surface area contributed by atoms with Gasteiger partial charge in [0, 0.05) is 5.39 Å². The lowest BCUT2D eigenvalue weighted by atomic mass is 10.1. The molecule has 5 nitrogen and oxygen atoms in total. The molecule has 0 radical (unpaired) electrons. The third-order valence-corrected chi connectivity index (χ3v) is 3.02. The van der Waals surface area contributed by atoms with Crippen LogP contribution in [0.2, 0.25) is 0 Å². The van der Waals surface area contributed by atoms with E-state index in [1.165, 1.54) is 5.39 Å². The van der Waals surface area contributed by atoms with Crippen LogP contribution in [-0.2, 0) is 6.54 Å². The summed E-state index contributed by atoms with van der Waals surface area (Å²) >= 11 is 0. The molecule has 0 saturated carbocycles. The number of hydrogen-bond acceptors (Lipinski definition) is 5. The number of nitrogens with one attached hydrogen (secondary N) is 2. The molecule has 0 bridgehead atoms. The first-order valence-electron chi connectivity index (χ1n) is 6.64. The summed E-state index contributed by atoms with van der Waals surface area (Å²) in [5.41, 5.74) is 0.960. The summed E-state index contributed by atoms with van der Waals surface area (Å²) in [4.78, 5) is 0. The Hall–Kier alpha value is -2.40. The Labute approximate surface area is 117 Å². The maximum atomic E-state index is 5.54. The van der Waals surface area contributed by atoms with Gasteiger partial charge < -0.3 is 15.1 Å². The van der Waals surface area contributed by atoms with Gasteiger partial charge in [-0.05, 0) is 18.0 Å². The molecule has 102 valence electrons. The minimum absolute atomic E-state index is 0.411. The van der Waals surface area contributed by atoms with Crippen LogP contribution in [0.15, 0.2) is 46.9 Å². The van der Waals surface area contributed by atoms with Crippen molar-refractivity contribution in [2.24, 2.45) is 0 Å². The van der Waals surface area contributed by atoms with E-state index in [0.717, 1.165) is 17.6 Å². The van der Waals surface area contributed by atoms with Gasteiger partial charge in [-0.25, -0.2) is 0 Å². The highest BCUT2D eigenvalue weighted by atomic mass is 16.4. The molecule has 0 fully saturated rings. The molecule has 0 atom stereocenters. The molecule has 0 aliphatic carbocycles. The molecule has 2 N–H and O–H groups in total. The van der Waals surface area contributed by atoms with E-state index < -0.39 is 0 Å². The molecular formula is C15H16N4O. The van der Waals surface area contributed by atoms with E-state index in [2.05, 4.69) is 39.0 Å². The zero-order valence-corrected chi connectivity index (χ0v) is 11.3. The average Bonchev–Trinajstić information content (AvgIpc) is 2.93. The van der Waals surface area contributed by atoms with Gasteiger partial charge in [0.05, 0.1) is 12.2 Å². The quantitative estimate of drug-likeness (QED) is 0.744. The van der Waals surface area contributed by atoms with Crippen molar-refractivity contribution in [2.75, 3.05) is 11.9 Å². The summed E-state index contributed by atoms with van der Waals surface area (Å²) in [5.74, 6) is 0.578. The second kappa shape index (κ2) is 5.71. The van der Waals surface area contributed by atoms with Crippen LogP contribution >= 0.6 is 0 Å². The summed E-state index contributed by atoms with van der Waals surface area (Å²) in [7, 11) is 0. The zero-order chi connectivity index (χ0) is 13.8. The molecule has 3 rings (SSSR count). The van der Waals surface area contributed by atoms with Gasteiger partial charge >= 0.3 is 6.01 Å². The number of nitrogens with zero attached hydrogens (tertiary/aromatic N) is 2. The van der Waals surface area contributed by atoms with Crippen LogP contribution in [0.4, 0.5) is 11.7 Å². The number of aromatic nitrogens is 2. The third-order valence-electron chi connectivity index (χ3n) is 3.02. The fourth-order valence-electron chi connectivity index (χ4n) is 2.06. The minimum atomic E-state index is 0.411. The molecule has 0 spiro atoms. The highest BCUT2D eigenvalue weighted by Gasteiger charge is 2.07. The molecule has 0 saturated heterocycles. The van der Waals surface area contributed by atoms with Crippen LogP contribution in [0, 0.1) is 0 Å². The standard InChI is InChI=1S/C15H16N4O/c1-2-16-10-14-18-19-15(20-14)17-13-9-5-7-11-6-3-4-8-12(11)13/h3-9,16H,2,10H2,1H3,(H,17,19). The van der Waals surface area contributed by atoms with Crippen molar-refractivity contribution >= 4 is 22.5 Å². The highest BCUT2D eigenvalue weighted by Crippen LogP contribution is 2.25. The Morgan fingerprint density at radius 1 is 1.05 bits per heavy atom. The van der Waals surface area contributed by atoms with Gasteiger partial charge in [0.25, 0.3) is 0 Å². The van der Waals surface area contributed by atoms with Crippen molar-refractivity contribution in [3.63, 3.8) is 0 Å². The van der Waals surface area contributed by atoms with Crippen molar-refractivity contribution < 1.29 is 4.42 Å². The predicted octanol–water partition coefficient (Wildman–Crippen LogP) is 3.08. The number of anilines is 2. The lowest BCUT2D eigenvalue weighted by Crippen LogP contribution is -2.11. The molecule has 0 unspecified atom stereocenters. The fourth-order valence-corrected chi connectivity index (χ4v) is 2.06. The molecule has 1 heterocycles. The molecule has 5 heteroatoms. The summed E-state index contributed by atoms with van der Waals surface area (Å²) in [6, 6.07) is 14.7. The third kappa shape index (κ3) is 2.62. The monoisotopic (exact) mass is 268 g/mol. The van der Waals surface area contributed by atoms with Crippen LogP contribution in [0.3, 0.4) is 0 Å². The van der Waals surface area contributed by atoms with Gasteiger partial charge in [0.15, 0.2) is 0 Å². The maximum absolute atomic E-state index is 5.54. The smallest absolute Gasteiger partial charge is 0.320 e. The van der Waals surface area contributed by atoms with Gasteiger partial charge in [-0.3, -0.25) is 0 Å². The molecule has 2 aromatic carbocycles. The van der Waals surface area contributed by atoms with Crippen LogP contribution in [0.5, 0.6) is 0 Å². The predicted molar refractivity (Wildman–Crippen MR) is 78.9 cm³/mol. The maximum Gasteiger partial charge on any atom is 0.320 e. The van der Waals surface area contributed by atoms with E-state index in [-0.39, 0.29) is 0 Å². The van der Waals surface area contributed by atoms with E-state index in [4.69, 9.17) is 4.42 Å². The van der Waals surface area contributed by atoms with Gasteiger partial charge in [0.2, 0.25) is 5.89 Å². The van der Waals surface area contributed by atoms with Gasteiger partial charge in [-0.1, -0.05) is 48.4 Å². The van der Waals surface area contributed by atoms with Crippen LogP contribution < -0.4 is 10.6 Å². The minimum Gasteiger partial charge on any atom is -0.406 e. The Kier molecular flexibility index (Phi) is 3.60. The number of rotatable bonds is 5. The van der Waals surface area contributed by atoms with E-state index in [1.54, 1.807) is 0 Å². The molecule has 0 aliphatic heterocycles. The van der Waals surface area contributed by atoms with Crippen molar-refractivity contribution in [3.8, 4) is 0 Å². The first-order chi connectivity index (χ1) is 9.86. The van der Waals surface area contributed by atoms with Gasteiger partial charge in [-0.2, -0.15) is 0 Å². The van der Waals surface area contributed by atoms with Crippen molar-refractivity contribution in [3.05, 3.63) is 48.4 Å². The molecule has 20 heavy (non-hydrogen) atoms. The van der Waals surface area contributed by atoms with Crippen LogP contribution in [0.1, 0.15) is 12.8 Å². The van der Waals surface area contributed by atoms with Crippen LogP contribution in [-0.4, -0.2) is 16.7 Å². The fraction of sp³-hybridized carbons (Fsp3) is 0.200. The first kappa shape index (κ1) is 12.6. The molecular weight excluding hydrogens is 252 g/mol. The van der Waals surface area contributed by atoms with E-state index in [1.807, 2.05) is 31.2 Å². The lowest BCUT2D eigenvalue weighted by molar-refractivity contribution is 0.484.